The first-order valence-electron chi connectivity index (χ1n) is 7.02. The van der Waals surface area contributed by atoms with Crippen molar-refractivity contribution in [3.63, 3.8) is 0 Å². The molecule has 1 N–H and O–H groups in total. The summed E-state index contributed by atoms with van der Waals surface area (Å²) in [6, 6.07) is 5.94. The number of aromatic nitrogens is 2. The Morgan fingerprint density at radius 1 is 1.24 bits per heavy atom. The number of ether oxygens (including phenoxy) is 2. The van der Waals surface area contributed by atoms with Crippen LogP contribution in [-0.4, -0.2) is 23.4 Å². The quantitative estimate of drug-likeness (QED) is 0.848. The Kier molecular flexibility index (Phi) is 5.38. The zero-order chi connectivity index (χ0) is 15.2. The zero-order valence-electron chi connectivity index (χ0n) is 12.8. The average molecular weight is 307 g/mol. The van der Waals surface area contributed by atoms with Gasteiger partial charge in [-0.05, 0) is 38.0 Å². The average Bonchev–Trinajstić information content (AvgIpc) is 2.93. The number of benzene rings is 1. The molecule has 2 rings (SSSR count). The Labute approximate surface area is 129 Å². The van der Waals surface area contributed by atoms with Crippen molar-refractivity contribution in [2.75, 3.05) is 12.4 Å². The molecule has 0 atom stereocenters. The van der Waals surface area contributed by atoms with E-state index in [1.54, 1.807) is 18.4 Å². The maximum Gasteiger partial charge on any atom is 0.205 e. The van der Waals surface area contributed by atoms with Crippen LogP contribution in [0, 0.1) is 0 Å². The van der Waals surface area contributed by atoms with Gasteiger partial charge in [0, 0.05) is 6.54 Å². The first-order chi connectivity index (χ1) is 10.1. The Morgan fingerprint density at radius 2 is 2.05 bits per heavy atom. The van der Waals surface area contributed by atoms with Crippen LogP contribution in [0.5, 0.6) is 11.5 Å². The molecule has 0 saturated heterocycles. The number of anilines is 1. The predicted molar refractivity (Wildman–Crippen MR) is 85.4 cm³/mol. The molecule has 0 aliphatic carbocycles. The fourth-order valence-electron chi connectivity index (χ4n) is 1.82. The smallest absolute Gasteiger partial charge is 0.205 e. The van der Waals surface area contributed by atoms with Gasteiger partial charge in [-0.15, -0.1) is 10.2 Å². The molecule has 1 aromatic heterocycles. The third-order valence-corrected chi connectivity index (χ3v) is 3.83. The summed E-state index contributed by atoms with van der Waals surface area (Å²) in [4.78, 5) is 0. The normalized spacial score (nSPS) is 10.7. The number of nitrogens with one attached hydrogen (secondary N) is 1. The molecule has 0 radical (unpaired) electrons. The fraction of sp³-hybridized carbons (Fsp3) is 0.467. The number of hydrogen-bond donors (Lipinski definition) is 1. The van der Waals surface area contributed by atoms with E-state index in [9.17, 15) is 0 Å². The van der Waals surface area contributed by atoms with E-state index in [1.807, 2.05) is 32.0 Å². The Morgan fingerprint density at radius 3 is 2.67 bits per heavy atom. The highest BCUT2D eigenvalue weighted by Gasteiger charge is 2.08. The summed E-state index contributed by atoms with van der Waals surface area (Å²) in [5, 5.41) is 13.3. The van der Waals surface area contributed by atoms with Gasteiger partial charge in [0.2, 0.25) is 5.13 Å². The molecule has 114 valence electrons. The van der Waals surface area contributed by atoms with E-state index in [2.05, 4.69) is 22.4 Å². The van der Waals surface area contributed by atoms with Gasteiger partial charge in [-0.1, -0.05) is 24.3 Å². The molecule has 5 nitrogen and oxygen atoms in total. The van der Waals surface area contributed by atoms with Gasteiger partial charge in [-0.2, -0.15) is 0 Å². The molecular weight excluding hydrogens is 286 g/mol. The summed E-state index contributed by atoms with van der Waals surface area (Å²) in [6.07, 6.45) is 1.03. The first-order valence-corrected chi connectivity index (χ1v) is 7.83. The molecule has 0 unspecified atom stereocenters. The van der Waals surface area contributed by atoms with E-state index >= 15 is 0 Å². The predicted octanol–water partition coefficient (Wildman–Crippen LogP) is 3.51. The van der Waals surface area contributed by atoms with Crippen molar-refractivity contribution in [2.24, 2.45) is 0 Å². The molecule has 0 saturated carbocycles. The van der Waals surface area contributed by atoms with Crippen molar-refractivity contribution in [2.45, 2.75) is 39.8 Å². The first kappa shape index (κ1) is 15.6. The van der Waals surface area contributed by atoms with E-state index in [1.165, 1.54) is 0 Å². The lowest BCUT2D eigenvalue weighted by Gasteiger charge is -2.14. The Bertz CT molecular complexity index is 584. The topological polar surface area (TPSA) is 56.3 Å². The highest BCUT2D eigenvalue weighted by molar-refractivity contribution is 7.15. The molecule has 0 spiro atoms. The van der Waals surface area contributed by atoms with Crippen LogP contribution in [0.3, 0.4) is 0 Å². The van der Waals surface area contributed by atoms with Crippen molar-refractivity contribution < 1.29 is 9.47 Å². The van der Waals surface area contributed by atoms with Gasteiger partial charge >= 0.3 is 0 Å². The standard InChI is InChI=1S/C15H21N3O2S/c1-5-14-17-18-15(21-14)16-9-11-6-7-12(20-10(2)3)13(8-11)19-4/h6-8,10H,5,9H2,1-4H3,(H,16,18). The fourth-order valence-corrected chi connectivity index (χ4v) is 2.49. The summed E-state index contributed by atoms with van der Waals surface area (Å²) in [7, 11) is 1.65. The molecule has 0 amide bonds. The Balaban J connectivity index is 2.03. The monoisotopic (exact) mass is 307 g/mol. The van der Waals surface area contributed by atoms with Crippen molar-refractivity contribution in [3.8, 4) is 11.5 Å². The third kappa shape index (κ3) is 4.32. The number of aryl methyl sites for hydroxylation is 1. The van der Waals surface area contributed by atoms with Crippen LogP contribution in [0.15, 0.2) is 18.2 Å². The minimum atomic E-state index is 0.122. The van der Waals surface area contributed by atoms with E-state index in [0.29, 0.717) is 6.54 Å². The number of hydrogen-bond acceptors (Lipinski definition) is 6. The summed E-state index contributed by atoms with van der Waals surface area (Å²) in [5.41, 5.74) is 1.11. The number of rotatable bonds is 7. The van der Waals surface area contributed by atoms with Crippen LogP contribution in [0.2, 0.25) is 0 Å². The van der Waals surface area contributed by atoms with Gasteiger partial charge in [0.05, 0.1) is 13.2 Å². The molecule has 2 aromatic rings. The maximum atomic E-state index is 5.71. The number of nitrogens with zero attached hydrogens (tertiary/aromatic N) is 2. The van der Waals surface area contributed by atoms with Crippen LogP contribution < -0.4 is 14.8 Å². The van der Waals surface area contributed by atoms with Crippen molar-refractivity contribution in [1.82, 2.24) is 10.2 Å². The largest absolute Gasteiger partial charge is 0.493 e. The third-order valence-electron chi connectivity index (χ3n) is 2.80. The molecule has 0 aliphatic heterocycles. The highest BCUT2D eigenvalue weighted by Crippen LogP contribution is 2.29. The lowest BCUT2D eigenvalue weighted by Crippen LogP contribution is -2.07. The van der Waals surface area contributed by atoms with Crippen molar-refractivity contribution in [3.05, 3.63) is 28.8 Å². The minimum Gasteiger partial charge on any atom is -0.493 e. The van der Waals surface area contributed by atoms with E-state index in [4.69, 9.17) is 9.47 Å². The summed E-state index contributed by atoms with van der Waals surface area (Å²) in [6.45, 7) is 6.74. The molecule has 0 aliphatic rings. The van der Waals surface area contributed by atoms with Crippen LogP contribution in [0.4, 0.5) is 5.13 Å². The zero-order valence-corrected chi connectivity index (χ0v) is 13.7. The van der Waals surface area contributed by atoms with Crippen molar-refractivity contribution in [1.29, 1.82) is 0 Å². The second kappa shape index (κ2) is 7.26. The summed E-state index contributed by atoms with van der Waals surface area (Å²) in [5.74, 6) is 1.51. The van der Waals surface area contributed by atoms with E-state index in [0.717, 1.165) is 33.6 Å². The van der Waals surface area contributed by atoms with Crippen molar-refractivity contribution >= 4 is 16.5 Å². The molecule has 21 heavy (non-hydrogen) atoms. The van der Waals surface area contributed by atoms with Gasteiger partial charge < -0.3 is 14.8 Å². The van der Waals surface area contributed by atoms with Gasteiger partial charge in [0.1, 0.15) is 5.01 Å². The molecule has 0 bridgehead atoms. The van der Waals surface area contributed by atoms with E-state index in [-0.39, 0.29) is 6.10 Å². The molecule has 6 heteroatoms. The lowest BCUT2D eigenvalue weighted by atomic mass is 10.2. The van der Waals surface area contributed by atoms with Crippen LogP contribution >= 0.6 is 11.3 Å². The van der Waals surface area contributed by atoms with E-state index < -0.39 is 0 Å². The summed E-state index contributed by atoms with van der Waals surface area (Å²) < 4.78 is 11.1. The lowest BCUT2D eigenvalue weighted by molar-refractivity contribution is 0.230. The minimum absolute atomic E-state index is 0.122. The summed E-state index contributed by atoms with van der Waals surface area (Å²) >= 11 is 1.58. The number of methoxy groups -OCH3 is 1. The van der Waals surface area contributed by atoms with Gasteiger partial charge in [0.15, 0.2) is 11.5 Å². The van der Waals surface area contributed by atoms with Crippen LogP contribution in [0.25, 0.3) is 0 Å². The van der Waals surface area contributed by atoms with Gasteiger partial charge in [-0.3, -0.25) is 0 Å². The highest BCUT2D eigenvalue weighted by atomic mass is 32.1. The molecular formula is C15H21N3O2S. The van der Waals surface area contributed by atoms with Gasteiger partial charge in [-0.25, -0.2) is 0 Å². The molecule has 0 fully saturated rings. The second-order valence-electron chi connectivity index (χ2n) is 4.86. The SMILES string of the molecule is CCc1nnc(NCc2ccc(OC(C)C)c(OC)c2)s1. The Hall–Kier alpha value is -1.82. The van der Waals surface area contributed by atoms with Gasteiger partial charge in [0.25, 0.3) is 0 Å². The maximum absolute atomic E-state index is 5.71. The molecule has 1 aromatic carbocycles. The van der Waals surface area contributed by atoms with Crippen LogP contribution in [-0.2, 0) is 13.0 Å². The van der Waals surface area contributed by atoms with Crippen LogP contribution in [0.1, 0.15) is 31.3 Å². The molecule has 1 heterocycles. The second-order valence-corrected chi connectivity index (χ2v) is 5.92.